The molecule has 2 aromatic carbocycles. The van der Waals surface area contributed by atoms with Crippen LogP contribution in [0.2, 0.25) is 0 Å². The molecular weight excluding hydrogens is 350 g/mol. The van der Waals surface area contributed by atoms with Gasteiger partial charge in [0.05, 0.1) is 0 Å². The third kappa shape index (κ3) is 5.36. The number of para-hydroxylation sites is 1. The first-order valence-electron chi connectivity index (χ1n) is 8.72. The standard InChI is InChI=1S/C21H24F2N2O2/c1-14(26)25(16-10-8-15(9-11-16)21(2,3)4)13-12-19(27)24-20-17(22)6-5-7-18(20)23/h5-11H,12-13H2,1-4H3,(H,24,27). The maximum atomic E-state index is 13.6. The number of carbonyl (C=O) groups is 2. The second kappa shape index (κ2) is 8.29. The maximum absolute atomic E-state index is 13.6. The van der Waals surface area contributed by atoms with E-state index >= 15 is 0 Å². The van der Waals surface area contributed by atoms with E-state index in [1.54, 1.807) is 0 Å². The molecule has 1 N–H and O–H groups in total. The molecule has 2 rings (SSSR count). The van der Waals surface area contributed by atoms with Crippen LogP contribution in [0, 0.1) is 11.6 Å². The highest BCUT2D eigenvalue weighted by Crippen LogP contribution is 2.25. The lowest BCUT2D eigenvalue weighted by molar-refractivity contribution is -0.117. The van der Waals surface area contributed by atoms with Crippen LogP contribution in [-0.2, 0) is 15.0 Å². The van der Waals surface area contributed by atoms with Crippen molar-refractivity contribution in [3.63, 3.8) is 0 Å². The zero-order valence-electron chi connectivity index (χ0n) is 16.0. The molecule has 0 bridgehead atoms. The van der Waals surface area contributed by atoms with Gasteiger partial charge in [0.1, 0.15) is 17.3 Å². The highest BCUT2D eigenvalue weighted by Gasteiger charge is 2.18. The van der Waals surface area contributed by atoms with Crippen LogP contribution in [0.4, 0.5) is 20.2 Å². The van der Waals surface area contributed by atoms with E-state index in [9.17, 15) is 18.4 Å². The quantitative estimate of drug-likeness (QED) is 0.829. The number of halogens is 2. The zero-order valence-corrected chi connectivity index (χ0v) is 16.0. The van der Waals surface area contributed by atoms with Crippen LogP contribution >= 0.6 is 0 Å². The number of benzene rings is 2. The van der Waals surface area contributed by atoms with E-state index in [-0.39, 0.29) is 24.3 Å². The van der Waals surface area contributed by atoms with Gasteiger partial charge in [-0.25, -0.2) is 8.78 Å². The number of amides is 2. The minimum absolute atomic E-state index is 0.0106. The lowest BCUT2D eigenvalue weighted by atomic mass is 9.87. The molecule has 0 unspecified atom stereocenters. The predicted molar refractivity (Wildman–Crippen MR) is 103 cm³/mol. The highest BCUT2D eigenvalue weighted by atomic mass is 19.1. The van der Waals surface area contributed by atoms with Gasteiger partial charge >= 0.3 is 0 Å². The number of hydrogen-bond donors (Lipinski definition) is 1. The molecule has 0 spiro atoms. The molecule has 0 aliphatic heterocycles. The number of carbonyl (C=O) groups excluding carboxylic acids is 2. The molecule has 0 radical (unpaired) electrons. The smallest absolute Gasteiger partial charge is 0.226 e. The summed E-state index contributed by atoms with van der Waals surface area (Å²) in [5, 5.41) is 2.23. The first-order valence-corrected chi connectivity index (χ1v) is 8.72. The molecule has 27 heavy (non-hydrogen) atoms. The molecular formula is C21H24F2N2O2. The van der Waals surface area contributed by atoms with Crippen LogP contribution in [0.3, 0.4) is 0 Å². The Morgan fingerprint density at radius 2 is 1.56 bits per heavy atom. The summed E-state index contributed by atoms with van der Waals surface area (Å²) >= 11 is 0. The maximum Gasteiger partial charge on any atom is 0.226 e. The lowest BCUT2D eigenvalue weighted by Gasteiger charge is -2.23. The van der Waals surface area contributed by atoms with Crippen molar-refractivity contribution < 1.29 is 18.4 Å². The van der Waals surface area contributed by atoms with Crippen molar-refractivity contribution in [1.29, 1.82) is 0 Å². The summed E-state index contributed by atoms with van der Waals surface area (Å²) < 4.78 is 27.2. The Hall–Kier alpha value is -2.76. The zero-order chi connectivity index (χ0) is 20.2. The summed E-state index contributed by atoms with van der Waals surface area (Å²) in [7, 11) is 0. The average molecular weight is 374 g/mol. The van der Waals surface area contributed by atoms with E-state index in [2.05, 4.69) is 26.1 Å². The van der Waals surface area contributed by atoms with Gasteiger partial charge in [0.2, 0.25) is 11.8 Å². The summed E-state index contributed by atoms with van der Waals surface area (Å²) in [6, 6.07) is 10.9. The number of rotatable bonds is 5. The minimum atomic E-state index is -0.843. The molecule has 6 heteroatoms. The second-order valence-electron chi connectivity index (χ2n) is 7.36. The molecule has 0 heterocycles. The highest BCUT2D eigenvalue weighted by molar-refractivity contribution is 5.94. The van der Waals surface area contributed by atoms with Crippen LogP contribution in [0.15, 0.2) is 42.5 Å². The normalized spacial score (nSPS) is 11.2. The molecule has 144 valence electrons. The summed E-state index contributed by atoms with van der Waals surface area (Å²) in [5.74, 6) is -2.48. The molecule has 0 aromatic heterocycles. The topological polar surface area (TPSA) is 49.4 Å². The fraction of sp³-hybridized carbons (Fsp3) is 0.333. The third-order valence-electron chi connectivity index (χ3n) is 4.21. The molecule has 0 fully saturated rings. The van der Waals surface area contributed by atoms with Crippen LogP contribution < -0.4 is 10.2 Å². The molecule has 2 aromatic rings. The molecule has 0 saturated carbocycles. The fourth-order valence-corrected chi connectivity index (χ4v) is 2.64. The van der Waals surface area contributed by atoms with Gasteiger partial charge in [0, 0.05) is 25.6 Å². The van der Waals surface area contributed by atoms with E-state index in [1.807, 2.05) is 24.3 Å². The molecule has 0 aliphatic carbocycles. The SMILES string of the molecule is CC(=O)N(CCC(=O)Nc1c(F)cccc1F)c1ccc(C(C)(C)C)cc1. The van der Waals surface area contributed by atoms with E-state index in [1.165, 1.54) is 17.9 Å². The largest absolute Gasteiger partial charge is 0.321 e. The van der Waals surface area contributed by atoms with E-state index in [0.717, 1.165) is 17.7 Å². The Morgan fingerprint density at radius 1 is 1.00 bits per heavy atom. The van der Waals surface area contributed by atoms with Crippen LogP contribution in [0.1, 0.15) is 39.7 Å². The van der Waals surface area contributed by atoms with Crippen molar-refractivity contribution in [2.75, 3.05) is 16.8 Å². The number of anilines is 2. The Labute approximate surface area is 158 Å². The molecule has 4 nitrogen and oxygen atoms in total. The van der Waals surface area contributed by atoms with Gasteiger partial charge in [0.25, 0.3) is 0 Å². The molecule has 2 amide bonds. The monoisotopic (exact) mass is 374 g/mol. The Morgan fingerprint density at radius 3 is 2.04 bits per heavy atom. The van der Waals surface area contributed by atoms with Crippen molar-refractivity contribution in [3.8, 4) is 0 Å². The second-order valence-corrected chi connectivity index (χ2v) is 7.36. The summed E-state index contributed by atoms with van der Waals surface area (Å²) in [6.07, 6.45) is -0.0889. The summed E-state index contributed by atoms with van der Waals surface area (Å²) in [4.78, 5) is 25.5. The fourth-order valence-electron chi connectivity index (χ4n) is 2.64. The lowest BCUT2D eigenvalue weighted by Crippen LogP contribution is -2.32. The van der Waals surface area contributed by atoms with Crippen molar-refractivity contribution in [3.05, 3.63) is 59.7 Å². The van der Waals surface area contributed by atoms with E-state index in [0.29, 0.717) is 5.69 Å². The number of nitrogens with zero attached hydrogens (tertiary/aromatic N) is 1. The van der Waals surface area contributed by atoms with Crippen molar-refractivity contribution in [2.24, 2.45) is 0 Å². The van der Waals surface area contributed by atoms with Gasteiger partial charge in [-0.15, -0.1) is 0 Å². The van der Waals surface area contributed by atoms with Crippen LogP contribution in [0.25, 0.3) is 0 Å². The molecule has 0 atom stereocenters. The molecule has 0 aliphatic rings. The summed E-state index contributed by atoms with van der Waals surface area (Å²) in [6.45, 7) is 7.79. The van der Waals surface area contributed by atoms with Gasteiger partial charge in [-0.05, 0) is 35.2 Å². The Bertz CT molecular complexity index is 807. The third-order valence-corrected chi connectivity index (χ3v) is 4.21. The van der Waals surface area contributed by atoms with Crippen molar-refractivity contribution >= 4 is 23.2 Å². The number of nitrogens with one attached hydrogen (secondary N) is 1. The van der Waals surface area contributed by atoms with Gasteiger partial charge in [-0.3, -0.25) is 9.59 Å². The van der Waals surface area contributed by atoms with E-state index < -0.39 is 23.2 Å². The van der Waals surface area contributed by atoms with Gasteiger partial charge in [-0.2, -0.15) is 0 Å². The number of hydrogen-bond acceptors (Lipinski definition) is 2. The first-order chi connectivity index (χ1) is 12.6. The minimum Gasteiger partial charge on any atom is -0.321 e. The Kier molecular flexibility index (Phi) is 6.31. The predicted octanol–water partition coefficient (Wildman–Crippen LogP) is 4.64. The van der Waals surface area contributed by atoms with E-state index in [4.69, 9.17) is 0 Å². The summed E-state index contributed by atoms with van der Waals surface area (Å²) in [5.41, 5.74) is 1.30. The van der Waals surface area contributed by atoms with Crippen LogP contribution in [-0.4, -0.2) is 18.4 Å². The van der Waals surface area contributed by atoms with Crippen molar-refractivity contribution in [1.82, 2.24) is 0 Å². The first kappa shape index (κ1) is 20.6. The van der Waals surface area contributed by atoms with Gasteiger partial charge in [0.15, 0.2) is 0 Å². The van der Waals surface area contributed by atoms with Crippen molar-refractivity contribution in [2.45, 2.75) is 39.5 Å². The average Bonchev–Trinajstić information content (AvgIpc) is 2.58. The van der Waals surface area contributed by atoms with Gasteiger partial charge < -0.3 is 10.2 Å². The van der Waals surface area contributed by atoms with Crippen LogP contribution in [0.5, 0.6) is 0 Å². The molecule has 0 saturated heterocycles. The Balaban J connectivity index is 2.06. The van der Waals surface area contributed by atoms with Gasteiger partial charge in [-0.1, -0.05) is 39.0 Å².